The Morgan fingerprint density at radius 3 is 2.33 bits per heavy atom. The number of thiazole rings is 2. The quantitative estimate of drug-likeness (QED) is 0.0531. The molecule has 5 aromatic rings. The van der Waals surface area contributed by atoms with Gasteiger partial charge in [-0.1, -0.05) is 75.5 Å². The average Bonchev–Trinajstić information content (AvgIpc) is 3.57. The highest BCUT2D eigenvalue weighted by atomic mass is 32.1. The Hall–Kier alpha value is -5.59. The topological polar surface area (TPSA) is 163 Å². The molecule has 3 aromatic carbocycles. The Labute approximate surface area is 299 Å². The van der Waals surface area contributed by atoms with E-state index in [0.29, 0.717) is 33.1 Å². The maximum atomic E-state index is 13.5. The third kappa shape index (κ3) is 9.99. The van der Waals surface area contributed by atoms with E-state index >= 15 is 0 Å². The second-order valence-electron chi connectivity index (χ2n) is 11.3. The summed E-state index contributed by atoms with van der Waals surface area (Å²) in [6.45, 7) is 1.49. The van der Waals surface area contributed by atoms with E-state index in [9.17, 15) is 34.4 Å². The fourth-order valence-corrected chi connectivity index (χ4v) is 6.40. The third-order valence-electron chi connectivity index (χ3n) is 7.39. The van der Waals surface area contributed by atoms with Crippen LogP contribution in [0.3, 0.4) is 0 Å². The van der Waals surface area contributed by atoms with E-state index in [-0.39, 0.29) is 47.8 Å². The minimum Gasteiger partial charge on any atom is -0.494 e. The van der Waals surface area contributed by atoms with Gasteiger partial charge in [0, 0.05) is 12.8 Å². The fraction of sp³-hybridized carbons (Fsp3) is 0.189. The molecule has 11 nitrogen and oxygen atoms in total. The number of aromatic nitrogens is 2. The van der Waals surface area contributed by atoms with Crippen molar-refractivity contribution >= 4 is 22.7 Å². The number of H-pyrrole nitrogens is 1. The van der Waals surface area contributed by atoms with Crippen LogP contribution in [-0.2, 0) is 17.6 Å². The standard InChI is InChI=1S/C37H33FN2O9S2/c1-3-27(47-20-30(41)24-6-4-8-26(38)18-24)13-10-22(2)16-33-35(44)40(37(46)51-33)49-29-9-5-7-25(19-29)31(42)21-48-28-14-11-23(12-15-28)17-32-34(43)39-36(45)50-32/h1,4-15,18-19,30-31,41-44H,16-17,20-21H2,2H3,(H,39,45). The lowest BCUT2D eigenvalue weighted by atomic mass is 10.1. The summed E-state index contributed by atoms with van der Waals surface area (Å²) in [5.74, 6) is 2.20. The van der Waals surface area contributed by atoms with Crippen LogP contribution in [0.15, 0.2) is 106 Å². The number of hydrogen-bond donors (Lipinski definition) is 5. The molecule has 2 aromatic heterocycles. The first-order chi connectivity index (χ1) is 24.5. The number of nitrogens with one attached hydrogen (secondary N) is 1. The molecule has 5 rings (SSSR count). The number of benzene rings is 3. The monoisotopic (exact) mass is 732 g/mol. The lowest BCUT2D eigenvalue weighted by Gasteiger charge is -2.14. The van der Waals surface area contributed by atoms with E-state index in [0.717, 1.165) is 38.5 Å². The van der Waals surface area contributed by atoms with Crippen LogP contribution in [0.25, 0.3) is 0 Å². The van der Waals surface area contributed by atoms with Crippen molar-refractivity contribution in [3.63, 3.8) is 0 Å². The zero-order valence-corrected chi connectivity index (χ0v) is 28.7. The van der Waals surface area contributed by atoms with Crippen molar-refractivity contribution in [1.29, 1.82) is 0 Å². The first kappa shape index (κ1) is 36.7. The average molecular weight is 733 g/mol. The van der Waals surface area contributed by atoms with Crippen molar-refractivity contribution < 1.29 is 39.1 Å². The summed E-state index contributed by atoms with van der Waals surface area (Å²) in [5.41, 5.74) is 2.38. The minimum absolute atomic E-state index is 0.0864. The van der Waals surface area contributed by atoms with Crippen LogP contribution in [0, 0.1) is 18.2 Å². The number of aromatic amines is 1. The van der Waals surface area contributed by atoms with Crippen LogP contribution in [-0.4, -0.2) is 43.4 Å². The number of aliphatic hydroxyl groups is 2. The Kier molecular flexibility index (Phi) is 12.1. The maximum absolute atomic E-state index is 13.5. The highest BCUT2D eigenvalue weighted by molar-refractivity contribution is 7.09. The SMILES string of the molecule is C#CC(=CC=C(C)Cc1sc(=O)n(Oc2cccc(C(O)COc3ccc(Cc4sc(=O)[nH]c4O)cc3)c2)c1O)OCC(O)c1cccc(F)c1. The molecule has 0 saturated carbocycles. The lowest BCUT2D eigenvalue weighted by Crippen LogP contribution is -2.18. The largest absolute Gasteiger partial charge is 0.494 e. The molecule has 264 valence electrons. The van der Waals surface area contributed by atoms with E-state index in [1.807, 2.05) is 0 Å². The van der Waals surface area contributed by atoms with Gasteiger partial charge in [0.25, 0.3) is 0 Å². The number of hydrogen-bond acceptors (Lipinski definition) is 11. The summed E-state index contributed by atoms with van der Waals surface area (Å²) in [5, 5.41) is 41.7. The van der Waals surface area contributed by atoms with Crippen LogP contribution in [0.5, 0.6) is 23.3 Å². The summed E-state index contributed by atoms with van der Waals surface area (Å²) in [4.78, 5) is 32.2. The number of aromatic hydroxyl groups is 2. The van der Waals surface area contributed by atoms with E-state index in [4.69, 9.17) is 20.7 Å². The van der Waals surface area contributed by atoms with Crippen molar-refractivity contribution in [2.75, 3.05) is 13.2 Å². The van der Waals surface area contributed by atoms with Gasteiger partial charge >= 0.3 is 9.75 Å². The summed E-state index contributed by atoms with van der Waals surface area (Å²) in [6.07, 6.45) is 7.13. The molecule has 0 radical (unpaired) electrons. The molecule has 14 heteroatoms. The summed E-state index contributed by atoms with van der Waals surface area (Å²) < 4.78 is 25.5. The van der Waals surface area contributed by atoms with Gasteiger partial charge in [-0.15, -0.1) is 6.42 Å². The molecular formula is C37H33FN2O9S2. The number of terminal acetylenes is 1. The fourth-order valence-electron chi connectivity index (χ4n) is 4.75. The summed E-state index contributed by atoms with van der Waals surface area (Å²) >= 11 is 1.74. The Bertz CT molecular complexity index is 2190. The lowest BCUT2D eigenvalue weighted by molar-refractivity contribution is 0.0765. The van der Waals surface area contributed by atoms with Crippen molar-refractivity contribution in [1.82, 2.24) is 9.71 Å². The molecule has 0 saturated heterocycles. The first-order valence-electron chi connectivity index (χ1n) is 15.4. The molecule has 0 aliphatic carbocycles. The Morgan fingerprint density at radius 2 is 1.65 bits per heavy atom. The number of allylic oxidation sites excluding steroid dienone is 4. The first-order valence-corrected chi connectivity index (χ1v) is 17.1. The number of halogens is 1. The molecule has 5 N–H and O–H groups in total. The summed E-state index contributed by atoms with van der Waals surface area (Å²) in [6, 6.07) is 18.9. The van der Waals surface area contributed by atoms with Gasteiger partial charge in [-0.2, -0.15) is 0 Å². The highest BCUT2D eigenvalue weighted by Gasteiger charge is 2.18. The van der Waals surface area contributed by atoms with E-state index < -0.39 is 22.9 Å². The summed E-state index contributed by atoms with van der Waals surface area (Å²) in [7, 11) is 0. The van der Waals surface area contributed by atoms with Crippen molar-refractivity contribution in [2.24, 2.45) is 0 Å². The van der Waals surface area contributed by atoms with Gasteiger partial charge in [0.2, 0.25) is 11.8 Å². The molecule has 0 fully saturated rings. The van der Waals surface area contributed by atoms with Gasteiger partial charge in [-0.3, -0.25) is 14.6 Å². The smallest absolute Gasteiger partial charge is 0.344 e. The van der Waals surface area contributed by atoms with Gasteiger partial charge in [0.05, 0.1) is 9.75 Å². The van der Waals surface area contributed by atoms with Crippen molar-refractivity contribution in [3.8, 4) is 35.6 Å². The molecule has 0 bridgehead atoms. The van der Waals surface area contributed by atoms with Crippen molar-refractivity contribution in [3.05, 3.63) is 148 Å². The third-order valence-corrected chi connectivity index (χ3v) is 9.17. The molecule has 2 unspecified atom stereocenters. The molecule has 51 heavy (non-hydrogen) atoms. The van der Waals surface area contributed by atoms with E-state index in [1.54, 1.807) is 61.5 Å². The zero-order chi connectivity index (χ0) is 36.5. The number of nitrogens with zero attached hydrogens (tertiary/aromatic N) is 1. The van der Waals surface area contributed by atoms with E-state index in [2.05, 4.69) is 10.9 Å². The predicted octanol–water partition coefficient (Wildman–Crippen LogP) is 5.51. The van der Waals surface area contributed by atoms with Gasteiger partial charge in [0.15, 0.2) is 11.5 Å². The van der Waals surface area contributed by atoms with Crippen molar-refractivity contribution in [2.45, 2.75) is 32.0 Å². The maximum Gasteiger partial charge on any atom is 0.344 e. The van der Waals surface area contributed by atoms with Crippen LogP contribution >= 0.6 is 22.7 Å². The van der Waals surface area contributed by atoms with Gasteiger partial charge in [-0.05, 0) is 72.0 Å². The number of ether oxygens (including phenoxy) is 2. The normalized spacial score (nSPS) is 13.0. The van der Waals surface area contributed by atoms with Crippen LogP contribution in [0.1, 0.15) is 45.6 Å². The second-order valence-corrected chi connectivity index (χ2v) is 13.4. The second kappa shape index (κ2) is 16.9. The predicted molar refractivity (Wildman–Crippen MR) is 191 cm³/mol. The molecule has 0 aliphatic heterocycles. The molecule has 0 amide bonds. The molecule has 2 atom stereocenters. The van der Waals surface area contributed by atoms with Gasteiger partial charge in [0.1, 0.15) is 37.0 Å². The van der Waals surface area contributed by atoms with Crippen LogP contribution < -0.4 is 19.3 Å². The van der Waals surface area contributed by atoms with Gasteiger partial charge < -0.3 is 34.7 Å². The highest BCUT2D eigenvalue weighted by Crippen LogP contribution is 2.27. The zero-order valence-electron chi connectivity index (χ0n) is 27.1. The molecular weight excluding hydrogens is 700 g/mol. The number of aliphatic hydroxyl groups excluding tert-OH is 2. The van der Waals surface area contributed by atoms with Crippen LogP contribution in [0.2, 0.25) is 0 Å². The molecule has 2 heterocycles. The molecule has 0 spiro atoms. The molecule has 0 aliphatic rings. The minimum atomic E-state index is -1.09. The van der Waals surface area contributed by atoms with E-state index in [1.165, 1.54) is 30.3 Å². The Morgan fingerprint density at radius 1 is 0.941 bits per heavy atom. The van der Waals surface area contributed by atoms with Gasteiger partial charge in [-0.25, -0.2) is 4.39 Å². The van der Waals surface area contributed by atoms with Crippen LogP contribution in [0.4, 0.5) is 4.39 Å². The Balaban J connectivity index is 1.16. The number of rotatable bonds is 15.